The van der Waals surface area contributed by atoms with Crippen LogP contribution in [0.4, 0.5) is 17.7 Å². The molecular weight excluding hydrogens is 280 g/mol. The summed E-state index contributed by atoms with van der Waals surface area (Å²) in [5.74, 6) is 1.88. The molecule has 1 aliphatic rings. The Morgan fingerprint density at radius 2 is 1.45 bits per heavy atom. The lowest BCUT2D eigenvalue weighted by molar-refractivity contribution is 0.620. The van der Waals surface area contributed by atoms with Gasteiger partial charge in [-0.2, -0.15) is 10.1 Å². The topological polar surface area (TPSA) is 97.0 Å². The number of nitrogen functional groups attached to an aromatic ring is 1. The van der Waals surface area contributed by atoms with E-state index in [1.165, 1.54) is 0 Å². The fraction of sp³-hybridized carbons (Fsp3) is 0.500. The molecule has 2 aromatic rings. The predicted molar refractivity (Wildman–Crippen MR) is 84.9 cm³/mol. The van der Waals surface area contributed by atoms with Crippen molar-refractivity contribution in [3.8, 4) is 0 Å². The van der Waals surface area contributed by atoms with Gasteiger partial charge in [-0.05, 0) is 20.8 Å². The van der Waals surface area contributed by atoms with Crippen LogP contribution in [0.15, 0.2) is 6.07 Å². The number of piperazine rings is 1. The van der Waals surface area contributed by atoms with Gasteiger partial charge >= 0.3 is 0 Å². The van der Waals surface area contributed by atoms with E-state index in [9.17, 15) is 0 Å². The van der Waals surface area contributed by atoms with Crippen molar-refractivity contribution in [2.75, 3.05) is 41.7 Å². The molecule has 0 bridgehead atoms. The molecule has 3 rings (SSSR count). The Morgan fingerprint density at radius 3 is 2.05 bits per heavy atom. The van der Waals surface area contributed by atoms with Crippen LogP contribution in [0.5, 0.6) is 0 Å². The fourth-order valence-corrected chi connectivity index (χ4v) is 2.40. The van der Waals surface area contributed by atoms with E-state index in [1.807, 2.05) is 20.8 Å². The smallest absolute Gasteiger partial charge is 0.245 e. The minimum absolute atomic E-state index is 0.506. The predicted octanol–water partition coefficient (Wildman–Crippen LogP) is 0.496. The molecule has 0 saturated carbocycles. The van der Waals surface area contributed by atoms with E-state index in [2.05, 4.69) is 34.9 Å². The molecule has 0 aromatic carbocycles. The first-order chi connectivity index (χ1) is 10.5. The molecule has 2 N–H and O–H groups in total. The third kappa shape index (κ3) is 2.90. The van der Waals surface area contributed by atoms with Crippen LogP contribution in [0.3, 0.4) is 0 Å². The highest BCUT2D eigenvalue weighted by molar-refractivity contribution is 5.42. The van der Waals surface area contributed by atoms with E-state index in [-0.39, 0.29) is 0 Å². The first-order valence-electron chi connectivity index (χ1n) is 7.32. The maximum atomic E-state index is 5.80. The zero-order chi connectivity index (χ0) is 15.7. The molecule has 1 aliphatic heterocycles. The number of rotatable bonds is 2. The number of anilines is 3. The highest BCUT2D eigenvalue weighted by Gasteiger charge is 2.21. The Bertz CT molecular complexity index is 658. The summed E-state index contributed by atoms with van der Waals surface area (Å²) in [5, 5.41) is 8.33. The van der Waals surface area contributed by atoms with E-state index >= 15 is 0 Å². The Hall–Kier alpha value is -2.51. The van der Waals surface area contributed by atoms with Gasteiger partial charge < -0.3 is 15.5 Å². The lowest BCUT2D eigenvalue weighted by Crippen LogP contribution is -2.48. The number of hydrogen-bond donors (Lipinski definition) is 1. The maximum Gasteiger partial charge on any atom is 0.245 e. The Labute approximate surface area is 129 Å². The number of hydrogen-bond acceptors (Lipinski definition) is 8. The van der Waals surface area contributed by atoms with Gasteiger partial charge in [0.15, 0.2) is 0 Å². The molecule has 8 heteroatoms. The van der Waals surface area contributed by atoms with Crippen molar-refractivity contribution in [1.82, 2.24) is 25.1 Å². The fourth-order valence-electron chi connectivity index (χ4n) is 2.40. The summed E-state index contributed by atoms with van der Waals surface area (Å²) in [6.45, 7) is 9.01. The third-order valence-corrected chi connectivity index (χ3v) is 3.79. The largest absolute Gasteiger partial charge is 0.384 e. The highest BCUT2D eigenvalue weighted by Crippen LogP contribution is 2.16. The maximum absolute atomic E-state index is 5.80. The molecule has 0 atom stereocenters. The quantitative estimate of drug-likeness (QED) is 0.856. The zero-order valence-electron chi connectivity index (χ0n) is 13.1. The molecule has 0 radical (unpaired) electrons. The van der Waals surface area contributed by atoms with Gasteiger partial charge in [0.2, 0.25) is 11.9 Å². The molecule has 0 amide bonds. The second-order valence-corrected chi connectivity index (χ2v) is 5.49. The lowest BCUT2D eigenvalue weighted by atomic mass is 10.3. The van der Waals surface area contributed by atoms with Crippen molar-refractivity contribution < 1.29 is 0 Å². The molecule has 22 heavy (non-hydrogen) atoms. The standard InChI is InChI=1S/C14H20N8/c1-9-8-12(15)18-13(16-9)21-4-6-22(7-5-21)14-17-10(2)11(3)19-20-14/h8H,4-7H2,1-3H3,(H2,15,16,18). The van der Waals surface area contributed by atoms with Crippen molar-refractivity contribution >= 4 is 17.7 Å². The Balaban J connectivity index is 1.70. The monoisotopic (exact) mass is 300 g/mol. The summed E-state index contributed by atoms with van der Waals surface area (Å²) < 4.78 is 0. The minimum Gasteiger partial charge on any atom is -0.384 e. The van der Waals surface area contributed by atoms with E-state index in [1.54, 1.807) is 6.07 Å². The average molecular weight is 300 g/mol. The van der Waals surface area contributed by atoms with Gasteiger partial charge in [-0.1, -0.05) is 0 Å². The third-order valence-electron chi connectivity index (χ3n) is 3.79. The van der Waals surface area contributed by atoms with Crippen LogP contribution in [-0.2, 0) is 0 Å². The molecule has 8 nitrogen and oxygen atoms in total. The molecule has 0 unspecified atom stereocenters. The number of nitrogens with zero attached hydrogens (tertiary/aromatic N) is 7. The van der Waals surface area contributed by atoms with Gasteiger partial charge in [0.25, 0.3) is 0 Å². The van der Waals surface area contributed by atoms with E-state index in [0.29, 0.717) is 17.7 Å². The van der Waals surface area contributed by atoms with Gasteiger partial charge in [-0.15, -0.1) is 5.10 Å². The van der Waals surface area contributed by atoms with Crippen LogP contribution in [-0.4, -0.2) is 51.3 Å². The van der Waals surface area contributed by atoms with Crippen molar-refractivity contribution in [2.45, 2.75) is 20.8 Å². The van der Waals surface area contributed by atoms with Crippen molar-refractivity contribution in [2.24, 2.45) is 0 Å². The molecule has 3 heterocycles. The van der Waals surface area contributed by atoms with Gasteiger partial charge in [0.1, 0.15) is 5.82 Å². The van der Waals surface area contributed by atoms with Gasteiger partial charge in [0.05, 0.1) is 11.4 Å². The van der Waals surface area contributed by atoms with Crippen LogP contribution in [0.25, 0.3) is 0 Å². The summed E-state index contributed by atoms with van der Waals surface area (Å²) in [4.78, 5) is 17.5. The van der Waals surface area contributed by atoms with Crippen LogP contribution in [0, 0.1) is 20.8 Å². The summed E-state index contributed by atoms with van der Waals surface area (Å²) in [5.41, 5.74) is 8.47. The molecule has 116 valence electrons. The summed E-state index contributed by atoms with van der Waals surface area (Å²) in [6.07, 6.45) is 0. The van der Waals surface area contributed by atoms with Crippen LogP contribution in [0.2, 0.25) is 0 Å². The van der Waals surface area contributed by atoms with Gasteiger partial charge in [-0.3, -0.25) is 0 Å². The Morgan fingerprint density at radius 1 is 0.818 bits per heavy atom. The van der Waals surface area contributed by atoms with Crippen LogP contribution in [0.1, 0.15) is 17.1 Å². The highest BCUT2D eigenvalue weighted by atomic mass is 15.4. The van der Waals surface area contributed by atoms with Gasteiger partial charge in [-0.25, -0.2) is 9.97 Å². The molecule has 1 fully saturated rings. The minimum atomic E-state index is 0.506. The molecular formula is C14H20N8. The van der Waals surface area contributed by atoms with Crippen LogP contribution >= 0.6 is 0 Å². The van der Waals surface area contributed by atoms with Crippen molar-refractivity contribution in [3.63, 3.8) is 0 Å². The number of aryl methyl sites for hydroxylation is 3. The summed E-state index contributed by atoms with van der Waals surface area (Å²) in [6, 6.07) is 1.77. The van der Waals surface area contributed by atoms with Gasteiger partial charge in [0, 0.05) is 37.9 Å². The second-order valence-electron chi connectivity index (χ2n) is 5.49. The number of nitrogens with two attached hydrogens (primary N) is 1. The normalized spacial score (nSPS) is 15.2. The van der Waals surface area contributed by atoms with E-state index < -0.39 is 0 Å². The Kier molecular flexibility index (Phi) is 3.74. The van der Waals surface area contributed by atoms with Crippen molar-refractivity contribution in [1.29, 1.82) is 0 Å². The zero-order valence-corrected chi connectivity index (χ0v) is 13.1. The first kappa shape index (κ1) is 14.4. The van der Waals surface area contributed by atoms with E-state index in [0.717, 1.165) is 43.3 Å². The second kappa shape index (κ2) is 5.70. The average Bonchev–Trinajstić information content (AvgIpc) is 2.49. The van der Waals surface area contributed by atoms with Crippen LogP contribution < -0.4 is 15.5 Å². The van der Waals surface area contributed by atoms with E-state index in [4.69, 9.17) is 5.73 Å². The summed E-state index contributed by atoms with van der Waals surface area (Å²) in [7, 11) is 0. The molecule has 0 aliphatic carbocycles. The summed E-state index contributed by atoms with van der Waals surface area (Å²) >= 11 is 0. The lowest BCUT2D eigenvalue weighted by Gasteiger charge is -2.34. The number of aromatic nitrogens is 5. The molecule has 1 saturated heterocycles. The first-order valence-corrected chi connectivity index (χ1v) is 7.32. The SMILES string of the molecule is Cc1cc(N)nc(N2CCN(c3nnc(C)c(C)n3)CC2)n1. The molecule has 0 spiro atoms. The van der Waals surface area contributed by atoms with Crippen molar-refractivity contribution in [3.05, 3.63) is 23.1 Å². The molecule has 2 aromatic heterocycles.